The van der Waals surface area contributed by atoms with E-state index in [4.69, 9.17) is 34.8 Å². The Kier molecular flexibility index (Phi) is 6.85. The first-order valence-electron chi connectivity index (χ1n) is 9.32. The zero-order valence-electron chi connectivity index (χ0n) is 17.6. The van der Waals surface area contributed by atoms with Gasteiger partial charge in [0.15, 0.2) is 0 Å². The molecule has 2 rings (SSSR count). The van der Waals surface area contributed by atoms with E-state index < -0.39 is 0 Å². The van der Waals surface area contributed by atoms with Crippen molar-refractivity contribution in [1.29, 1.82) is 0 Å². The van der Waals surface area contributed by atoms with Crippen LogP contribution in [-0.4, -0.2) is 22.8 Å². The number of halogens is 3. The van der Waals surface area contributed by atoms with Crippen LogP contribution in [0.2, 0.25) is 15.2 Å². The van der Waals surface area contributed by atoms with Crippen molar-refractivity contribution in [3.63, 3.8) is 0 Å². The molecule has 1 aromatic heterocycles. The van der Waals surface area contributed by atoms with Crippen molar-refractivity contribution in [2.75, 3.05) is 7.05 Å². The number of aromatic amines is 1. The Hall–Kier alpha value is -1.16. The largest absolute Gasteiger partial charge is 0.507 e. The number of phenolic OH excluding ortho intramolecular Hbond substituents is 1. The first-order valence-corrected chi connectivity index (χ1v) is 10.5. The molecular formula is C22H29Cl3N2O. The molecule has 0 atom stereocenters. The number of hydrogen-bond acceptors (Lipinski definition) is 2. The Labute approximate surface area is 183 Å². The van der Waals surface area contributed by atoms with Crippen LogP contribution < -0.4 is 0 Å². The lowest BCUT2D eigenvalue weighted by molar-refractivity contribution is 0.422. The molecule has 0 amide bonds. The molecule has 0 saturated carbocycles. The SMILES string of the molecule is C/N=C(/CCc1cc(C(C)(C)C)c(O)c(C(C)(C)C)c1)c1[nH]c(Cl)c(Cl)c1Cl. The Morgan fingerprint density at radius 1 is 0.964 bits per heavy atom. The summed E-state index contributed by atoms with van der Waals surface area (Å²) in [6.45, 7) is 12.7. The topological polar surface area (TPSA) is 48.4 Å². The molecule has 0 aliphatic heterocycles. The summed E-state index contributed by atoms with van der Waals surface area (Å²) in [4.78, 5) is 7.39. The number of aryl methyl sites for hydroxylation is 1. The quantitative estimate of drug-likeness (QED) is 0.477. The second-order valence-electron chi connectivity index (χ2n) is 9.15. The number of aliphatic imine (C=N–C) groups is 1. The predicted molar refractivity (Wildman–Crippen MR) is 122 cm³/mol. The molecule has 0 fully saturated rings. The molecule has 6 heteroatoms. The minimum absolute atomic E-state index is 0.161. The minimum Gasteiger partial charge on any atom is -0.507 e. The number of phenols is 1. The number of rotatable bonds is 4. The third kappa shape index (κ3) is 4.87. The summed E-state index contributed by atoms with van der Waals surface area (Å²) in [5.74, 6) is 0.388. The summed E-state index contributed by atoms with van der Waals surface area (Å²) in [6, 6.07) is 4.18. The summed E-state index contributed by atoms with van der Waals surface area (Å²) in [7, 11) is 1.73. The van der Waals surface area contributed by atoms with Gasteiger partial charge in [-0.05, 0) is 40.4 Å². The Morgan fingerprint density at radius 2 is 1.46 bits per heavy atom. The first-order chi connectivity index (χ1) is 12.8. The van der Waals surface area contributed by atoms with Gasteiger partial charge in [-0.1, -0.05) is 88.5 Å². The lowest BCUT2D eigenvalue weighted by Gasteiger charge is -2.28. The van der Waals surface area contributed by atoms with Crippen LogP contribution in [0.5, 0.6) is 5.75 Å². The highest BCUT2D eigenvalue weighted by Gasteiger charge is 2.26. The number of H-pyrrole nitrogens is 1. The van der Waals surface area contributed by atoms with Gasteiger partial charge in [-0.3, -0.25) is 4.99 Å². The Morgan fingerprint density at radius 3 is 1.82 bits per heavy atom. The zero-order valence-corrected chi connectivity index (χ0v) is 19.9. The van der Waals surface area contributed by atoms with E-state index >= 15 is 0 Å². The Balaban J connectivity index is 2.41. The van der Waals surface area contributed by atoms with Crippen LogP contribution in [0.1, 0.15) is 70.3 Å². The highest BCUT2D eigenvalue weighted by atomic mass is 35.5. The molecule has 0 saturated heterocycles. The molecule has 28 heavy (non-hydrogen) atoms. The number of nitrogens with one attached hydrogen (secondary N) is 1. The van der Waals surface area contributed by atoms with Crippen LogP contribution in [0, 0.1) is 0 Å². The average molecular weight is 444 g/mol. The van der Waals surface area contributed by atoms with Crippen LogP contribution in [0.3, 0.4) is 0 Å². The highest BCUT2D eigenvalue weighted by Crippen LogP contribution is 2.40. The molecule has 0 spiro atoms. The maximum Gasteiger partial charge on any atom is 0.127 e. The summed E-state index contributed by atoms with van der Waals surface area (Å²) >= 11 is 18.5. The lowest BCUT2D eigenvalue weighted by Crippen LogP contribution is -2.18. The van der Waals surface area contributed by atoms with Crippen molar-refractivity contribution in [1.82, 2.24) is 4.98 Å². The molecule has 1 heterocycles. The average Bonchev–Trinajstić information content (AvgIpc) is 2.82. The van der Waals surface area contributed by atoms with E-state index in [0.29, 0.717) is 33.1 Å². The predicted octanol–water partition coefficient (Wildman–Crippen LogP) is 7.33. The van der Waals surface area contributed by atoms with E-state index in [1.54, 1.807) is 7.05 Å². The molecule has 2 N–H and O–H groups in total. The van der Waals surface area contributed by atoms with Gasteiger partial charge in [0.25, 0.3) is 0 Å². The zero-order chi connectivity index (χ0) is 21.4. The van der Waals surface area contributed by atoms with Gasteiger partial charge in [0.05, 0.1) is 21.5 Å². The molecule has 2 aromatic rings. The number of hydrogen-bond donors (Lipinski definition) is 2. The van der Waals surface area contributed by atoms with E-state index in [9.17, 15) is 5.11 Å². The van der Waals surface area contributed by atoms with Gasteiger partial charge in [0.2, 0.25) is 0 Å². The van der Waals surface area contributed by atoms with Gasteiger partial charge >= 0.3 is 0 Å². The lowest BCUT2D eigenvalue weighted by atomic mass is 9.78. The van der Waals surface area contributed by atoms with Crippen LogP contribution in [0.25, 0.3) is 0 Å². The van der Waals surface area contributed by atoms with E-state index in [-0.39, 0.29) is 10.8 Å². The fraction of sp³-hybridized carbons (Fsp3) is 0.500. The normalized spacial score (nSPS) is 13.3. The second kappa shape index (κ2) is 8.30. The van der Waals surface area contributed by atoms with E-state index in [1.165, 1.54) is 0 Å². The highest BCUT2D eigenvalue weighted by molar-refractivity contribution is 6.49. The van der Waals surface area contributed by atoms with Crippen molar-refractivity contribution in [3.8, 4) is 5.75 Å². The van der Waals surface area contributed by atoms with Crippen LogP contribution in [0.4, 0.5) is 0 Å². The number of aromatic nitrogens is 1. The monoisotopic (exact) mass is 442 g/mol. The summed E-state index contributed by atoms with van der Waals surface area (Å²) in [6.07, 6.45) is 1.42. The third-order valence-electron chi connectivity index (χ3n) is 4.83. The van der Waals surface area contributed by atoms with E-state index in [1.807, 2.05) is 0 Å². The molecule has 0 unspecified atom stereocenters. The Bertz CT molecular complexity index is 865. The van der Waals surface area contributed by atoms with Gasteiger partial charge in [-0.25, -0.2) is 0 Å². The van der Waals surface area contributed by atoms with Gasteiger partial charge < -0.3 is 10.1 Å². The van der Waals surface area contributed by atoms with Crippen LogP contribution >= 0.6 is 34.8 Å². The van der Waals surface area contributed by atoms with Crippen molar-refractivity contribution >= 4 is 40.5 Å². The van der Waals surface area contributed by atoms with Crippen molar-refractivity contribution < 1.29 is 5.11 Å². The molecule has 0 radical (unpaired) electrons. The van der Waals surface area contributed by atoms with Crippen molar-refractivity contribution in [3.05, 3.63) is 49.7 Å². The number of aromatic hydroxyl groups is 1. The molecule has 154 valence electrons. The molecule has 0 bridgehead atoms. The van der Waals surface area contributed by atoms with Gasteiger partial charge in [0, 0.05) is 7.05 Å². The standard InChI is InChI=1S/C22H29Cl3N2O/c1-21(2,3)13-10-12(11-14(19(13)28)22(4,5)6)8-9-15(26-7)18-16(23)17(24)20(25)27-18/h10-11,27-28H,8-9H2,1-7H3/b26-15-. The fourth-order valence-corrected chi connectivity index (χ4v) is 3.85. The fourth-order valence-electron chi connectivity index (χ4n) is 3.22. The summed E-state index contributed by atoms with van der Waals surface area (Å²) < 4.78 is 0. The van der Waals surface area contributed by atoms with E-state index in [0.717, 1.165) is 28.8 Å². The second-order valence-corrected chi connectivity index (χ2v) is 10.3. The maximum atomic E-state index is 10.9. The van der Waals surface area contributed by atoms with Crippen LogP contribution in [0.15, 0.2) is 17.1 Å². The first kappa shape index (κ1) is 23.1. The van der Waals surface area contributed by atoms with Gasteiger partial charge in [-0.15, -0.1) is 0 Å². The van der Waals surface area contributed by atoms with Gasteiger partial charge in [-0.2, -0.15) is 0 Å². The molecular weight excluding hydrogens is 415 g/mol. The number of nitrogens with zero attached hydrogens (tertiary/aromatic N) is 1. The third-order valence-corrected chi connectivity index (χ3v) is 6.07. The summed E-state index contributed by atoms with van der Waals surface area (Å²) in [5, 5.41) is 11.9. The molecule has 1 aromatic carbocycles. The molecule has 0 aliphatic carbocycles. The summed E-state index contributed by atoms with van der Waals surface area (Å²) in [5.41, 5.74) is 4.19. The minimum atomic E-state index is -0.161. The molecule has 0 aliphatic rings. The maximum absolute atomic E-state index is 10.9. The van der Waals surface area contributed by atoms with Crippen LogP contribution in [-0.2, 0) is 17.3 Å². The smallest absolute Gasteiger partial charge is 0.127 e. The van der Waals surface area contributed by atoms with E-state index in [2.05, 4.69) is 63.7 Å². The van der Waals surface area contributed by atoms with Crippen molar-refractivity contribution in [2.24, 2.45) is 4.99 Å². The van der Waals surface area contributed by atoms with Crippen molar-refractivity contribution in [2.45, 2.75) is 65.2 Å². The molecule has 3 nitrogen and oxygen atoms in total. The number of benzene rings is 1. The van der Waals surface area contributed by atoms with Gasteiger partial charge in [0.1, 0.15) is 10.9 Å².